The van der Waals surface area contributed by atoms with Gasteiger partial charge in [0.05, 0.1) is 5.60 Å². The molecule has 0 aromatic rings. The number of carboxylic acid groups (broad SMARTS) is 1. The van der Waals surface area contributed by atoms with Crippen LogP contribution >= 0.6 is 0 Å². The van der Waals surface area contributed by atoms with E-state index < -0.39 is 60.2 Å². The van der Waals surface area contributed by atoms with E-state index in [1.807, 2.05) is 13.8 Å². The van der Waals surface area contributed by atoms with Crippen molar-refractivity contribution in [2.75, 3.05) is 13.7 Å². The Morgan fingerprint density at radius 1 is 1.25 bits per heavy atom. The van der Waals surface area contributed by atoms with Crippen molar-refractivity contribution in [3.05, 3.63) is 0 Å². The van der Waals surface area contributed by atoms with Gasteiger partial charge in [0.1, 0.15) is 12.1 Å². The topological polar surface area (TPSA) is 95.9 Å². The number of halogens is 2. The maximum atomic E-state index is 13.3. The van der Waals surface area contributed by atoms with Gasteiger partial charge in [0, 0.05) is 38.3 Å². The van der Waals surface area contributed by atoms with E-state index in [1.165, 1.54) is 12.0 Å². The maximum absolute atomic E-state index is 13.3. The van der Waals surface area contributed by atoms with Gasteiger partial charge in [0.15, 0.2) is 0 Å². The van der Waals surface area contributed by atoms with Gasteiger partial charge in [-0.15, -0.1) is 0 Å². The van der Waals surface area contributed by atoms with E-state index in [1.54, 1.807) is 13.8 Å². The minimum atomic E-state index is -2.85. The van der Waals surface area contributed by atoms with Crippen LogP contribution in [0.25, 0.3) is 0 Å². The van der Waals surface area contributed by atoms with E-state index in [2.05, 4.69) is 5.32 Å². The van der Waals surface area contributed by atoms with Gasteiger partial charge in [-0.2, -0.15) is 0 Å². The number of rotatable bonds is 6. The molecular formula is C19H28F2N2O5. The molecule has 7 nitrogen and oxygen atoms in total. The number of fused-ring (bicyclic) bond motifs is 1. The average molecular weight is 402 g/mol. The van der Waals surface area contributed by atoms with E-state index in [9.17, 15) is 28.3 Å². The van der Waals surface area contributed by atoms with Crippen molar-refractivity contribution in [3.8, 4) is 0 Å². The molecule has 28 heavy (non-hydrogen) atoms. The van der Waals surface area contributed by atoms with Crippen LogP contribution in [0.2, 0.25) is 0 Å². The summed E-state index contributed by atoms with van der Waals surface area (Å²) in [6.07, 6.45) is -1.10. The molecule has 2 aliphatic carbocycles. The highest BCUT2D eigenvalue weighted by molar-refractivity contribution is 5.93. The Bertz CT molecular complexity index is 700. The number of carbonyl (C=O) groups excluding carboxylic acids is 2. The standard InChI is InChI=1S/C19H28F2N2O5/c1-17(2)10-8-23(12(11(10)17)16(26)27)15(25)13(18(3,4)28-5)22-14(24)9-6-19(20,21)7-9/h9-13H,6-8H2,1-5H3,(H,22,24)(H,26,27)/t10-,11-,12-,13+/m0/s1. The molecule has 2 N–H and O–H groups in total. The molecule has 3 aliphatic rings. The van der Waals surface area contributed by atoms with Gasteiger partial charge in [0.25, 0.3) is 0 Å². The number of amides is 2. The zero-order valence-electron chi connectivity index (χ0n) is 16.8. The summed E-state index contributed by atoms with van der Waals surface area (Å²) in [4.78, 5) is 38.8. The number of carbonyl (C=O) groups is 3. The van der Waals surface area contributed by atoms with E-state index in [-0.39, 0.29) is 17.3 Å². The Labute approximate surface area is 162 Å². The molecule has 0 spiro atoms. The highest BCUT2D eigenvalue weighted by Gasteiger charge is 2.70. The molecule has 2 saturated carbocycles. The zero-order chi connectivity index (χ0) is 21.2. The summed E-state index contributed by atoms with van der Waals surface area (Å²) in [5.41, 5.74) is -1.28. The molecule has 4 atom stereocenters. The molecule has 1 aliphatic heterocycles. The number of carboxylic acids is 1. The van der Waals surface area contributed by atoms with Gasteiger partial charge in [-0.05, 0) is 25.2 Å². The van der Waals surface area contributed by atoms with E-state index in [4.69, 9.17) is 4.74 Å². The number of nitrogens with one attached hydrogen (secondary N) is 1. The van der Waals surface area contributed by atoms with Crippen molar-refractivity contribution in [2.45, 2.75) is 64.1 Å². The quantitative estimate of drug-likeness (QED) is 0.702. The summed E-state index contributed by atoms with van der Waals surface area (Å²) in [5.74, 6) is -6.03. The number of aliphatic carboxylic acids is 1. The van der Waals surface area contributed by atoms with Crippen LogP contribution in [0, 0.1) is 23.2 Å². The van der Waals surface area contributed by atoms with E-state index >= 15 is 0 Å². The van der Waals surface area contributed by atoms with Crippen LogP contribution in [0.3, 0.4) is 0 Å². The van der Waals surface area contributed by atoms with Crippen molar-refractivity contribution in [3.63, 3.8) is 0 Å². The maximum Gasteiger partial charge on any atom is 0.326 e. The summed E-state index contributed by atoms with van der Waals surface area (Å²) >= 11 is 0. The molecule has 0 radical (unpaired) electrons. The summed E-state index contributed by atoms with van der Waals surface area (Å²) in [6, 6.07) is -2.13. The molecule has 3 rings (SSSR count). The fourth-order valence-corrected chi connectivity index (χ4v) is 4.72. The first-order chi connectivity index (χ1) is 12.7. The van der Waals surface area contributed by atoms with Crippen LogP contribution in [-0.2, 0) is 19.1 Å². The number of methoxy groups -OCH3 is 1. The SMILES string of the molecule is COC(C)(C)[C@H](NC(=O)C1CC(F)(F)C1)C(=O)N1C[C@H]2[C@@H]([C@H]1C(=O)O)C2(C)C. The molecule has 0 unspecified atom stereocenters. The van der Waals surface area contributed by atoms with Gasteiger partial charge in [-0.25, -0.2) is 13.6 Å². The summed E-state index contributed by atoms with van der Waals surface area (Å²) in [6.45, 7) is 7.45. The largest absolute Gasteiger partial charge is 0.480 e. The summed E-state index contributed by atoms with van der Waals surface area (Å²) in [5, 5.41) is 12.2. The predicted octanol–water partition coefficient (Wildman–Crippen LogP) is 1.51. The second kappa shape index (κ2) is 6.37. The van der Waals surface area contributed by atoms with Crippen molar-refractivity contribution in [1.82, 2.24) is 10.2 Å². The third-order valence-corrected chi connectivity index (χ3v) is 6.96. The van der Waals surface area contributed by atoms with Crippen molar-refractivity contribution < 1.29 is 33.0 Å². The lowest BCUT2D eigenvalue weighted by Gasteiger charge is -2.40. The van der Waals surface area contributed by atoms with Crippen molar-refractivity contribution in [1.29, 1.82) is 0 Å². The van der Waals surface area contributed by atoms with Gasteiger partial charge in [-0.3, -0.25) is 9.59 Å². The molecule has 0 aromatic carbocycles. The number of piperidine rings is 1. The van der Waals surface area contributed by atoms with Gasteiger partial charge in [0.2, 0.25) is 17.7 Å². The van der Waals surface area contributed by atoms with Crippen molar-refractivity contribution in [2.24, 2.45) is 23.2 Å². The fourth-order valence-electron chi connectivity index (χ4n) is 4.72. The monoisotopic (exact) mass is 402 g/mol. The molecule has 2 amide bonds. The Hall–Kier alpha value is -1.77. The molecular weight excluding hydrogens is 374 g/mol. The van der Waals surface area contributed by atoms with Crippen LogP contribution in [0.1, 0.15) is 40.5 Å². The molecule has 1 saturated heterocycles. The third-order valence-electron chi connectivity index (χ3n) is 6.96. The first kappa shape index (κ1) is 21.0. The predicted molar refractivity (Wildman–Crippen MR) is 94.6 cm³/mol. The van der Waals surface area contributed by atoms with Gasteiger partial charge >= 0.3 is 5.97 Å². The number of likely N-dealkylation sites (tertiary alicyclic amines) is 1. The minimum Gasteiger partial charge on any atom is -0.480 e. The first-order valence-electron chi connectivity index (χ1n) is 9.49. The van der Waals surface area contributed by atoms with Crippen LogP contribution in [0.4, 0.5) is 8.78 Å². The van der Waals surface area contributed by atoms with Gasteiger partial charge < -0.3 is 20.1 Å². The summed E-state index contributed by atoms with van der Waals surface area (Å²) in [7, 11) is 1.38. The van der Waals surface area contributed by atoms with Crippen LogP contribution in [-0.4, -0.2) is 65.1 Å². The molecule has 0 bridgehead atoms. The molecule has 9 heteroatoms. The van der Waals surface area contributed by atoms with Crippen LogP contribution in [0.15, 0.2) is 0 Å². The summed E-state index contributed by atoms with van der Waals surface area (Å²) < 4.78 is 31.6. The zero-order valence-corrected chi connectivity index (χ0v) is 16.8. The lowest BCUT2D eigenvalue weighted by atomic mass is 9.80. The molecule has 158 valence electrons. The Morgan fingerprint density at radius 2 is 1.82 bits per heavy atom. The Morgan fingerprint density at radius 3 is 2.29 bits per heavy atom. The van der Waals surface area contributed by atoms with Crippen molar-refractivity contribution >= 4 is 17.8 Å². The lowest BCUT2D eigenvalue weighted by Crippen LogP contribution is -2.63. The molecule has 3 fully saturated rings. The smallest absolute Gasteiger partial charge is 0.326 e. The third kappa shape index (κ3) is 3.27. The van der Waals surface area contributed by atoms with Gasteiger partial charge in [-0.1, -0.05) is 13.8 Å². The Balaban J connectivity index is 1.78. The minimum absolute atomic E-state index is 0.0879. The average Bonchev–Trinajstić information content (AvgIpc) is 2.94. The van der Waals surface area contributed by atoms with E-state index in [0.29, 0.717) is 6.54 Å². The molecule has 0 aromatic heterocycles. The van der Waals surface area contributed by atoms with E-state index in [0.717, 1.165) is 0 Å². The second-order valence-corrected chi connectivity index (χ2v) is 9.44. The number of ether oxygens (including phenoxy) is 1. The second-order valence-electron chi connectivity index (χ2n) is 9.44. The highest BCUT2D eigenvalue weighted by atomic mass is 19.3. The molecule has 1 heterocycles. The van der Waals surface area contributed by atoms with Crippen LogP contribution < -0.4 is 5.32 Å². The first-order valence-corrected chi connectivity index (χ1v) is 9.49. The lowest BCUT2D eigenvalue weighted by molar-refractivity contribution is -0.160. The number of nitrogens with zero attached hydrogens (tertiary/aromatic N) is 1. The fraction of sp³-hybridized carbons (Fsp3) is 0.842. The van der Waals surface area contributed by atoms with Crippen LogP contribution in [0.5, 0.6) is 0 Å². The number of hydrogen-bond acceptors (Lipinski definition) is 4. The normalized spacial score (nSPS) is 31.5. The number of alkyl halides is 2. The Kier molecular flexibility index (Phi) is 4.76. The highest BCUT2D eigenvalue weighted by Crippen LogP contribution is 2.65. The number of hydrogen-bond donors (Lipinski definition) is 2.